The molecule has 1 nitrogen and oxygen atoms in total. The van der Waals surface area contributed by atoms with Gasteiger partial charge in [0.1, 0.15) is 0 Å². The summed E-state index contributed by atoms with van der Waals surface area (Å²) < 4.78 is 0. The van der Waals surface area contributed by atoms with E-state index in [1.165, 1.54) is 12.8 Å². The number of hydrogen-bond donors (Lipinski definition) is 1. The molecule has 0 aliphatic heterocycles. The summed E-state index contributed by atoms with van der Waals surface area (Å²) in [4.78, 5) is 0. The highest BCUT2D eigenvalue weighted by Crippen LogP contribution is 1.88. The van der Waals surface area contributed by atoms with Gasteiger partial charge in [0.25, 0.3) is 0 Å². The SMILES string of the molecule is C=C/C=C\C=C/CCC.CCO. The quantitative estimate of drug-likeness (QED) is 0.639. The van der Waals surface area contributed by atoms with Gasteiger partial charge in [0.2, 0.25) is 0 Å². The Labute approximate surface area is 76.1 Å². The van der Waals surface area contributed by atoms with Gasteiger partial charge in [0.15, 0.2) is 0 Å². The van der Waals surface area contributed by atoms with E-state index >= 15 is 0 Å². The minimum Gasteiger partial charge on any atom is -0.397 e. The first-order valence-electron chi connectivity index (χ1n) is 4.38. The average molecular weight is 168 g/mol. The molecule has 0 spiro atoms. The summed E-state index contributed by atoms with van der Waals surface area (Å²) in [5, 5.41) is 7.57. The number of rotatable bonds is 4. The van der Waals surface area contributed by atoms with E-state index in [0.29, 0.717) is 0 Å². The normalized spacial score (nSPS) is 9.92. The molecule has 0 aromatic heterocycles. The maximum absolute atomic E-state index is 7.57. The van der Waals surface area contributed by atoms with Gasteiger partial charge < -0.3 is 5.11 Å². The molecule has 0 radical (unpaired) electrons. The first-order chi connectivity index (χ1) is 5.83. The van der Waals surface area contributed by atoms with Crippen LogP contribution >= 0.6 is 0 Å². The molecule has 0 aliphatic rings. The Bertz CT molecular complexity index is 123. The number of aliphatic hydroxyl groups excluding tert-OH is 1. The van der Waals surface area contributed by atoms with E-state index in [4.69, 9.17) is 5.11 Å². The molecule has 0 rings (SSSR count). The van der Waals surface area contributed by atoms with E-state index in [0.717, 1.165) is 0 Å². The van der Waals surface area contributed by atoms with Gasteiger partial charge in [-0.3, -0.25) is 0 Å². The molecule has 12 heavy (non-hydrogen) atoms. The van der Waals surface area contributed by atoms with E-state index in [9.17, 15) is 0 Å². The Morgan fingerprint density at radius 3 is 2.17 bits per heavy atom. The summed E-state index contributed by atoms with van der Waals surface area (Å²) in [7, 11) is 0. The largest absolute Gasteiger partial charge is 0.397 e. The molecule has 1 N–H and O–H groups in total. The standard InChI is InChI=1S/C9H14.C2H6O/c1-3-5-7-9-8-6-4-2;1-2-3/h3,5,7-9H,1,4,6H2,2H3;3H,2H2,1H3/b7-5-,9-8-;. The molecule has 0 bridgehead atoms. The Morgan fingerprint density at radius 1 is 1.17 bits per heavy atom. The maximum Gasteiger partial charge on any atom is 0.0402 e. The molecule has 0 saturated heterocycles. The Balaban J connectivity index is 0. The molecule has 0 saturated carbocycles. The van der Waals surface area contributed by atoms with Crippen LogP contribution in [0.4, 0.5) is 0 Å². The molecular weight excluding hydrogens is 148 g/mol. The van der Waals surface area contributed by atoms with Gasteiger partial charge in [0.05, 0.1) is 0 Å². The molecule has 70 valence electrons. The van der Waals surface area contributed by atoms with E-state index in [1.807, 2.05) is 18.2 Å². The van der Waals surface area contributed by atoms with Crippen molar-refractivity contribution in [2.24, 2.45) is 0 Å². The lowest BCUT2D eigenvalue weighted by Crippen LogP contribution is -1.57. The van der Waals surface area contributed by atoms with Gasteiger partial charge in [-0.1, -0.05) is 50.3 Å². The fraction of sp³-hybridized carbons (Fsp3) is 0.455. The summed E-state index contributed by atoms with van der Waals surface area (Å²) >= 11 is 0. The molecule has 0 atom stereocenters. The van der Waals surface area contributed by atoms with Crippen molar-refractivity contribution in [3.63, 3.8) is 0 Å². The zero-order valence-corrected chi connectivity index (χ0v) is 8.16. The predicted octanol–water partition coefficient (Wildman–Crippen LogP) is 3.08. The second-order valence-corrected chi connectivity index (χ2v) is 2.15. The lowest BCUT2D eigenvalue weighted by molar-refractivity contribution is 0.318. The fourth-order valence-electron chi connectivity index (χ4n) is 0.484. The number of aliphatic hydroxyl groups is 1. The van der Waals surface area contributed by atoms with Crippen molar-refractivity contribution in [1.29, 1.82) is 0 Å². The van der Waals surface area contributed by atoms with E-state index in [-0.39, 0.29) is 6.61 Å². The lowest BCUT2D eigenvalue weighted by Gasteiger charge is -1.78. The molecule has 1 heteroatoms. The topological polar surface area (TPSA) is 20.2 Å². The smallest absolute Gasteiger partial charge is 0.0402 e. The zero-order chi connectivity index (χ0) is 9.66. The molecule has 0 amide bonds. The van der Waals surface area contributed by atoms with Crippen molar-refractivity contribution in [3.05, 3.63) is 37.0 Å². The van der Waals surface area contributed by atoms with Crippen LogP contribution in [-0.4, -0.2) is 11.7 Å². The van der Waals surface area contributed by atoms with Gasteiger partial charge in [-0.05, 0) is 13.3 Å². The predicted molar refractivity (Wildman–Crippen MR) is 56.1 cm³/mol. The van der Waals surface area contributed by atoms with Crippen LogP contribution in [0.5, 0.6) is 0 Å². The van der Waals surface area contributed by atoms with Crippen LogP contribution in [0, 0.1) is 0 Å². The Morgan fingerprint density at radius 2 is 1.75 bits per heavy atom. The molecule has 0 aliphatic carbocycles. The van der Waals surface area contributed by atoms with Crippen LogP contribution in [0.3, 0.4) is 0 Å². The minimum absolute atomic E-state index is 0.250. The molecule has 0 fully saturated rings. The number of allylic oxidation sites excluding steroid dienone is 5. The third kappa shape index (κ3) is 22.9. The van der Waals surface area contributed by atoms with Crippen molar-refractivity contribution < 1.29 is 5.11 Å². The maximum atomic E-state index is 7.57. The highest BCUT2D eigenvalue weighted by Gasteiger charge is 1.67. The van der Waals surface area contributed by atoms with Crippen LogP contribution in [0.1, 0.15) is 26.7 Å². The molecule has 0 aromatic carbocycles. The Kier molecular flexibility index (Phi) is 19.1. The fourth-order valence-corrected chi connectivity index (χ4v) is 0.484. The van der Waals surface area contributed by atoms with Crippen LogP contribution in [0.25, 0.3) is 0 Å². The second kappa shape index (κ2) is 16.6. The summed E-state index contributed by atoms with van der Waals surface area (Å²) in [5.74, 6) is 0. The van der Waals surface area contributed by atoms with Crippen molar-refractivity contribution in [3.8, 4) is 0 Å². The monoisotopic (exact) mass is 168 g/mol. The van der Waals surface area contributed by atoms with Gasteiger partial charge in [-0.25, -0.2) is 0 Å². The highest BCUT2D eigenvalue weighted by molar-refractivity contribution is 5.08. The summed E-state index contributed by atoms with van der Waals surface area (Å²) in [6, 6.07) is 0. The van der Waals surface area contributed by atoms with Crippen molar-refractivity contribution in [2.75, 3.05) is 6.61 Å². The van der Waals surface area contributed by atoms with E-state index < -0.39 is 0 Å². The second-order valence-electron chi connectivity index (χ2n) is 2.15. The summed E-state index contributed by atoms with van der Waals surface area (Å²) in [6.45, 7) is 7.66. The third-order valence-corrected chi connectivity index (χ3v) is 0.950. The molecule has 0 heterocycles. The van der Waals surface area contributed by atoms with Crippen molar-refractivity contribution >= 4 is 0 Å². The van der Waals surface area contributed by atoms with Crippen LogP contribution in [-0.2, 0) is 0 Å². The van der Waals surface area contributed by atoms with Crippen molar-refractivity contribution in [1.82, 2.24) is 0 Å². The van der Waals surface area contributed by atoms with E-state index in [1.54, 1.807) is 13.0 Å². The molecule has 0 unspecified atom stereocenters. The molecular formula is C11H20O. The summed E-state index contributed by atoms with van der Waals surface area (Å²) in [5.41, 5.74) is 0. The number of hydrogen-bond acceptors (Lipinski definition) is 1. The van der Waals surface area contributed by atoms with Gasteiger partial charge >= 0.3 is 0 Å². The number of unbranched alkanes of at least 4 members (excludes halogenated alkanes) is 1. The minimum atomic E-state index is 0.250. The zero-order valence-electron chi connectivity index (χ0n) is 8.16. The van der Waals surface area contributed by atoms with Gasteiger partial charge in [-0.2, -0.15) is 0 Å². The average Bonchev–Trinajstić information content (AvgIpc) is 2.06. The first kappa shape index (κ1) is 13.7. The highest BCUT2D eigenvalue weighted by atomic mass is 16.2. The van der Waals surface area contributed by atoms with Gasteiger partial charge in [-0.15, -0.1) is 0 Å². The van der Waals surface area contributed by atoms with E-state index in [2.05, 4.69) is 19.6 Å². The van der Waals surface area contributed by atoms with Crippen LogP contribution in [0.2, 0.25) is 0 Å². The molecule has 0 aromatic rings. The van der Waals surface area contributed by atoms with Crippen LogP contribution in [0.15, 0.2) is 37.0 Å². The first-order valence-corrected chi connectivity index (χ1v) is 4.38. The third-order valence-electron chi connectivity index (χ3n) is 0.950. The van der Waals surface area contributed by atoms with Crippen LogP contribution < -0.4 is 0 Å². The lowest BCUT2D eigenvalue weighted by atomic mass is 10.3. The van der Waals surface area contributed by atoms with Crippen molar-refractivity contribution in [2.45, 2.75) is 26.7 Å². The summed E-state index contributed by atoms with van der Waals surface area (Å²) in [6.07, 6.45) is 12.3. The van der Waals surface area contributed by atoms with Gasteiger partial charge in [0, 0.05) is 6.61 Å². The Hall–Kier alpha value is -0.820.